The van der Waals surface area contributed by atoms with Crippen LogP contribution in [0, 0.1) is 5.82 Å². The molecule has 1 aliphatic rings. The molecule has 1 aliphatic heterocycles. The van der Waals surface area contributed by atoms with Gasteiger partial charge in [0.1, 0.15) is 18.2 Å². The molecular formula is C31H23Cl2FN2O3S. The second-order valence-corrected chi connectivity index (χ2v) is 10.6. The maximum Gasteiger partial charge on any atom is 0.267 e. The van der Waals surface area contributed by atoms with Gasteiger partial charge in [0.25, 0.3) is 5.91 Å². The number of hydrogen-bond acceptors (Lipinski definition) is 5. The number of amides is 1. The van der Waals surface area contributed by atoms with Crippen LogP contribution in [0.3, 0.4) is 0 Å². The van der Waals surface area contributed by atoms with Gasteiger partial charge in [-0.05, 0) is 71.4 Å². The number of halogens is 3. The summed E-state index contributed by atoms with van der Waals surface area (Å²) in [6.07, 6.45) is 1.72. The molecule has 4 aromatic rings. The van der Waals surface area contributed by atoms with E-state index in [9.17, 15) is 9.18 Å². The molecule has 1 fully saturated rings. The van der Waals surface area contributed by atoms with Gasteiger partial charge < -0.3 is 9.47 Å². The Kier molecular flexibility index (Phi) is 8.75. The molecular weight excluding hydrogens is 570 g/mol. The summed E-state index contributed by atoms with van der Waals surface area (Å²) in [6.45, 7) is 0.309. The smallest absolute Gasteiger partial charge is 0.267 e. The van der Waals surface area contributed by atoms with Crippen LogP contribution in [0.25, 0.3) is 6.08 Å². The summed E-state index contributed by atoms with van der Waals surface area (Å²) >= 11 is 14.3. The third kappa shape index (κ3) is 6.50. The van der Waals surface area contributed by atoms with Gasteiger partial charge in [-0.1, -0.05) is 71.7 Å². The van der Waals surface area contributed by atoms with Crippen LogP contribution in [0.15, 0.2) is 101 Å². The summed E-state index contributed by atoms with van der Waals surface area (Å²) in [5.74, 6) is 0.411. The van der Waals surface area contributed by atoms with E-state index in [4.69, 9.17) is 37.7 Å². The summed E-state index contributed by atoms with van der Waals surface area (Å²) < 4.78 is 25.0. The Hall–Kier alpha value is -3.78. The Bertz CT molecular complexity index is 1570. The molecule has 0 atom stereocenters. The zero-order valence-electron chi connectivity index (χ0n) is 21.3. The van der Waals surface area contributed by atoms with E-state index in [1.54, 1.807) is 48.4 Å². The van der Waals surface area contributed by atoms with Gasteiger partial charge in [-0.25, -0.2) is 9.38 Å². The van der Waals surface area contributed by atoms with Crippen molar-refractivity contribution < 1.29 is 18.7 Å². The van der Waals surface area contributed by atoms with Crippen molar-refractivity contribution >= 4 is 57.8 Å². The normalized spacial score (nSPS) is 15.2. The first-order chi connectivity index (χ1) is 19.4. The van der Waals surface area contributed by atoms with Crippen molar-refractivity contribution in [3.8, 4) is 11.5 Å². The SMILES string of the molecule is COc1ccc(CN2C(=O)/C(=C/c3cc(Cl)c(OCc4ccccc4F)c(Cl)c3)SC2=Nc2ccccc2)cc1. The average Bonchev–Trinajstić information content (AvgIpc) is 3.23. The highest BCUT2D eigenvalue weighted by atomic mass is 35.5. The Morgan fingerprint density at radius 1 is 0.950 bits per heavy atom. The third-order valence-corrected chi connectivity index (χ3v) is 7.59. The first-order valence-electron chi connectivity index (χ1n) is 12.2. The minimum absolute atomic E-state index is 0.0273. The monoisotopic (exact) mass is 592 g/mol. The Balaban J connectivity index is 1.41. The van der Waals surface area contributed by atoms with Crippen LogP contribution >= 0.6 is 35.0 Å². The molecule has 0 saturated carbocycles. The molecule has 4 aromatic carbocycles. The summed E-state index contributed by atoms with van der Waals surface area (Å²) in [5.41, 5.74) is 2.67. The molecule has 0 aromatic heterocycles. The first-order valence-corrected chi connectivity index (χ1v) is 13.8. The van der Waals surface area contributed by atoms with Crippen molar-refractivity contribution in [1.29, 1.82) is 0 Å². The Morgan fingerprint density at radius 2 is 1.62 bits per heavy atom. The molecule has 0 aliphatic carbocycles. The predicted octanol–water partition coefficient (Wildman–Crippen LogP) is 8.52. The van der Waals surface area contributed by atoms with Gasteiger partial charge in [0, 0.05) is 5.56 Å². The van der Waals surface area contributed by atoms with E-state index in [0.29, 0.717) is 27.7 Å². The lowest BCUT2D eigenvalue weighted by molar-refractivity contribution is -0.122. The minimum atomic E-state index is -0.375. The number of aliphatic imine (C=N–C) groups is 1. The van der Waals surface area contributed by atoms with E-state index in [1.165, 1.54) is 17.8 Å². The highest BCUT2D eigenvalue weighted by Gasteiger charge is 2.33. The number of para-hydroxylation sites is 1. The average molecular weight is 594 g/mol. The van der Waals surface area contributed by atoms with E-state index in [-0.39, 0.29) is 34.1 Å². The molecule has 0 N–H and O–H groups in total. The van der Waals surface area contributed by atoms with Crippen molar-refractivity contribution in [2.75, 3.05) is 7.11 Å². The number of carbonyl (C=O) groups excluding carboxylic acids is 1. The summed E-state index contributed by atoms with van der Waals surface area (Å²) in [5, 5.41) is 1.05. The van der Waals surface area contributed by atoms with E-state index in [2.05, 4.69) is 0 Å². The van der Waals surface area contributed by atoms with E-state index < -0.39 is 0 Å². The highest BCUT2D eigenvalue weighted by molar-refractivity contribution is 8.18. The molecule has 0 bridgehead atoms. The topological polar surface area (TPSA) is 51.1 Å². The molecule has 1 saturated heterocycles. The highest BCUT2D eigenvalue weighted by Crippen LogP contribution is 2.39. The predicted molar refractivity (Wildman–Crippen MR) is 160 cm³/mol. The lowest BCUT2D eigenvalue weighted by Crippen LogP contribution is -2.28. The number of methoxy groups -OCH3 is 1. The minimum Gasteiger partial charge on any atom is -0.497 e. The maximum atomic E-state index is 14.0. The van der Waals surface area contributed by atoms with Crippen molar-refractivity contribution in [2.24, 2.45) is 4.99 Å². The summed E-state index contributed by atoms with van der Waals surface area (Å²) in [4.78, 5) is 20.4. The molecule has 40 heavy (non-hydrogen) atoms. The number of hydrogen-bond donors (Lipinski definition) is 0. The van der Waals surface area contributed by atoms with Crippen molar-refractivity contribution in [1.82, 2.24) is 4.90 Å². The maximum absolute atomic E-state index is 14.0. The van der Waals surface area contributed by atoms with E-state index >= 15 is 0 Å². The molecule has 5 rings (SSSR count). The van der Waals surface area contributed by atoms with Crippen LogP contribution in [0.4, 0.5) is 10.1 Å². The zero-order valence-corrected chi connectivity index (χ0v) is 23.6. The van der Waals surface area contributed by atoms with Gasteiger partial charge in [0.05, 0.1) is 34.3 Å². The van der Waals surface area contributed by atoms with Crippen molar-refractivity contribution in [3.05, 3.63) is 128 Å². The fourth-order valence-corrected chi connectivity index (χ4v) is 5.59. The molecule has 1 amide bonds. The lowest BCUT2D eigenvalue weighted by atomic mass is 10.2. The number of amidine groups is 1. The first kappa shape index (κ1) is 27.8. The number of thioether (sulfide) groups is 1. The standard InChI is InChI=1S/C31H23Cl2FN2O3S/c1-38-24-13-11-20(12-14-24)18-36-30(37)28(40-31(36)35-23-8-3-2-4-9-23)17-21-15-25(32)29(26(33)16-21)39-19-22-7-5-6-10-27(22)34/h2-17H,18-19H2,1H3/b28-17-,35-31?. The van der Waals surface area contributed by atoms with Gasteiger partial charge in [-0.15, -0.1) is 0 Å². The molecule has 1 heterocycles. The number of carbonyl (C=O) groups is 1. The van der Waals surface area contributed by atoms with Gasteiger partial charge >= 0.3 is 0 Å². The second-order valence-electron chi connectivity index (χ2n) is 8.77. The van der Waals surface area contributed by atoms with Crippen LogP contribution in [-0.4, -0.2) is 23.1 Å². The van der Waals surface area contributed by atoms with Crippen LogP contribution in [-0.2, 0) is 17.9 Å². The van der Waals surface area contributed by atoms with Gasteiger partial charge in [0.2, 0.25) is 0 Å². The van der Waals surface area contributed by atoms with Crippen LogP contribution in [0.5, 0.6) is 11.5 Å². The Labute approximate surface area is 245 Å². The molecule has 0 spiro atoms. The molecule has 202 valence electrons. The lowest BCUT2D eigenvalue weighted by Gasteiger charge is -2.16. The molecule has 5 nitrogen and oxygen atoms in total. The van der Waals surface area contributed by atoms with E-state index in [1.807, 2.05) is 54.6 Å². The molecule has 9 heteroatoms. The van der Waals surface area contributed by atoms with Gasteiger partial charge in [0.15, 0.2) is 10.9 Å². The number of nitrogens with zero attached hydrogens (tertiary/aromatic N) is 2. The van der Waals surface area contributed by atoms with Crippen LogP contribution in [0.2, 0.25) is 10.0 Å². The largest absolute Gasteiger partial charge is 0.497 e. The fraction of sp³-hybridized carbons (Fsp3) is 0.0968. The molecule has 0 unspecified atom stereocenters. The quantitative estimate of drug-likeness (QED) is 0.192. The number of rotatable bonds is 8. The summed E-state index contributed by atoms with van der Waals surface area (Å²) in [6, 6.07) is 26.6. The van der Waals surface area contributed by atoms with Crippen LogP contribution < -0.4 is 9.47 Å². The molecule has 0 radical (unpaired) electrons. The number of benzene rings is 4. The van der Waals surface area contributed by atoms with Crippen molar-refractivity contribution in [2.45, 2.75) is 13.2 Å². The third-order valence-electron chi connectivity index (χ3n) is 6.02. The van der Waals surface area contributed by atoms with Crippen LogP contribution in [0.1, 0.15) is 16.7 Å². The fourth-order valence-electron chi connectivity index (χ4n) is 3.97. The zero-order chi connectivity index (χ0) is 28.1. The number of ether oxygens (including phenoxy) is 2. The van der Waals surface area contributed by atoms with Gasteiger partial charge in [-0.3, -0.25) is 9.69 Å². The van der Waals surface area contributed by atoms with Crippen molar-refractivity contribution in [3.63, 3.8) is 0 Å². The van der Waals surface area contributed by atoms with E-state index in [0.717, 1.165) is 17.0 Å². The Morgan fingerprint density at radius 3 is 2.30 bits per heavy atom. The summed E-state index contributed by atoms with van der Waals surface area (Å²) in [7, 11) is 1.61. The van der Waals surface area contributed by atoms with Gasteiger partial charge in [-0.2, -0.15) is 0 Å². The second kappa shape index (κ2) is 12.6.